The summed E-state index contributed by atoms with van der Waals surface area (Å²) in [4.78, 5) is 14.4. The van der Waals surface area contributed by atoms with Gasteiger partial charge in [0.15, 0.2) is 11.5 Å². The molecule has 3 aliphatic heterocycles. The molecule has 2 aromatic rings. The third-order valence-corrected chi connectivity index (χ3v) is 4.98. The van der Waals surface area contributed by atoms with Crippen LogP contribution in [0.4, 0.5) is 0 Å². The standard InChI is InChI=1S/C18H15NO4/c1-19-13-8-21-14-7-16-15(22-9-23-16)6-12(14)17(13)10-4-2-3-5-11(10)18(19)20/h2-7,13,17H,8-9H2,1H3. The molecule has 0 bridgehead atoms. The van der Waals surface area contributed by atoms with E-state index in [9.17, 15) is 4.79 Å². The smallest absolute Gasteiger partial charge is 0.254 e. The largest absolute Gasteiger partial charge is 0.491 e. The Morgan fingerprint density at radius 1 is 1.00 bits per heavy atom. The molecule has 1 amide bonds. The molecule has 0 fully saturated rings. The Balaban J connectivity index is 1.74. The molecule has 2 unspecified atom stereocenters. The van der Waals surface area contributed by atoms with E-state index in [0.29, 0.717) is 6.61 Å². The molecule has 0 radical (unpaired) electrons. The second-order valence-corrected chi connectivity index (χ2v) is 6.10. The van der Waals surface area contributed by atoms with Crippen LogP contribution in [0.15, 0.2) is 36.4 Å². The number of nitrogens with zero attached hydrogens (tertiary/aromatic N) is 1. The fourth-order valence-corrected chi connectivity index (χ4v) is 3.80. The summed E-state index contributed by atoms with van der Waals surface area (Å²) in [6.45, 7) is 0.717. The number of hydrogen-bond acceptors (Lipinski definition) is 4. The van der Waals surface area contributed by atoms with E-state index in [1.807, 2.05) is 43.4 Å². The second kappa shape index (κ2) is 4.41. The third-order valence-electron chi connectivity index (χ3n) is 4.98. The number of rotatable bonds is 0. The van der Waals surface area contributed by atoms with Crippen LogP contribution in [-0.4, -0.2) is 37.3 Å². The highest BCUT2D eigenvalue weighted by Gasteiger charge is 2.43. The van der Waals surface area contributed by atoms with Gasteiger partial charge in [0.05, 0.1) is 6.04 Å². The van der Waals surface area contributed by atoms with Gasteiger partial charge in [-0.05, 0) is 17.7 Å². The first-order chi connectivity index (χ1) is 11.2. The molecule has 0 saturated carbocycles. The number of carbonyl (C=O) groups is 1. The number of benzene rings is 2. The third kappa shape index (κ3) is 1.64. The lowest BCUT2D eigenvalue weighted by molar-refractivity contribution is 0.0587. The quantitative estimate of drug-likeness (QED) is 0.750. The first-order valence-corrected chi connectivity index (χ1v) is 7.66. The molecule has 5 nitrogen and oxygen atoms in total. The molecule has 0 N–H and O–H groups in total. The van der Waals surface area contributed by atoms with Gasteiger partial charge in [-0.3, -0.25) is 4.79 Å². The summed E-state index contributed by atoms with van der Waals surface area (Å²) in [6.07, 6.45) is 0. The van der Waals surface area contributed by atoms with E-state index >= 15 is 0 Å². The van der Waals surface area contributed by atoms with E-state index in [1.54, 1.807) is 4.90 Å². The maximum absolute atomic E-state index is 12.6. The first kappa shape index (κ1) is 12.8. The van der Waals surface area contributed by atoms with Crippen molar-refractivity contribution in [2.75, 3.05) is 20.4 Å². The number of fused-ring (bicyclic) bond motifs is 6. The summed E-state index contributed by atoms with van der Waals surface area (Å²) in [6, 6.07) is 11.7. The zero-order valence-corrected chi connectivity index (χ0v) is 12.6. The van der Waals surface area contributed by atoms with E-state index in [0.717, 1.165) is 33.9 Å². The summed E-state index contributed by atoms with van der Waals surface area (Å²) in [5, 5.41) is 0. The average molecular weight is 309 g/mol. The molecular weight excluding hydrogens is 294 g/mol. The van der Waals surface area contributed by atoms with Crippen molar-refractivity contribution in [2.45, 2.75) is 12.0 Å². The van der Waals surface area contributed by atoms with Gasteiger partial charge in [0.25, 0.3) is 5.91 Å². The Bertz CT molecular complexity index is 832. The van der Waals surface area contributed by atoms with Crippen molar-refractivity contribution in [2.24, 2.45) is 0 Å². The van der Waals surface area contributed by atoms with Crippen LogP contribution in [-0.2, 0) is 0 Å². The van der Waals surface area contributed by atoms with Crippen LogP contribution >= 0.6 is 0 Å². The molecule has 3 heterocycles. The molecule has 5 rings (SSSR count). The molecule has 0 aliphatic carbocycles. The molecule has 116 valence electrons. The Morgan fingerprint density at radius 2 is 1.78 bits per heavy atom. The lowest BCUT2D eigenvalue weighted by atomic mass is 9.77. The van der Waals surface area contributed by atoms with Crippen LogP contribution in [0.3, 0.4) is 0 Å². The Labute approximate surface area is 133 Å². The van der Waals surface area contributed by atoms with Crippen LogP contribution in [0.1, 0.15) is 27.4 Å². The second-order valence-electron chi connectivity index (χ2n) is 6.10. The molecule has 2 atom stereocenters. The molecule has 0 aromatic heterocycles. The van der Waals surface area contributed by atoms with Gasteiger partial charge in [-0.1, -0.05) is 18.2 Å². The normalized spacial score (nSPS) is 23.7. The van der Waals surface area contributed by atoms with Gasteiger partial charge in [0.1, 0.15) is 12.4 Å². The van der Waals surface area contributed by atoms with Crippen LogP contribution in [0.5, 0.6) is 17.2 Å². The summed E-state index contributed by atoms with van der Waals surface area (Å²) in [7, 11) is 1.84. The van der Waals surface area contributed by atoms with E-state index in [-0.39, 0.29) is 24.7 Å². The zero-order chi connectivity index (χ0) is 15.6. The molecule has 0 spiro atoms. The maximum Gasteiger partial charge on any atom is 0.254 e. The molecule has 23 heavy (non-hydrogen) atoms. The Morgan fingerprint density at radius 3 is 2.65 bits per heavy atom. The minimum absolute atomic E-state index is 0.00901. The van der Waals surface area contributed by atoms with E-state index in [4.69, 9.17) is 14.2 Å². The van der Waals surface area contributed by atoms with Gasteiger partial charge in [-0.25, -0.2) is 0 Å². The summed E-state index contributed by atoms with van der Waals surface area (Å²) in [5.41, 5.74) is 2.88. The molecule has 3 aliphatic rings. The van der Waals surface area contributed by atoms with E-state index in [1.165, 1.54) is 0 Å². The van der Waals surface area contributed by atoms with Gasteiger partial charge >= 0.3 is 0 Å². The fourth-order valence-electron chi connectivity index (χ4n) is 3.80. The van der Waals surface area contributed by atoms with Gasteiger partial charge in [0.2, 0.25) is 6.79 Å². The maximum atomic E-state index is 12.6. The highest BCUT2D eigenvalue weighted by molar-refractivity contribution is 5.97. The summed E-state index contributed by atoms with van der Waals surface area (Å²) >= 11 is 0. The Hall–Kier alpha value is -2.69. The monoisotopic (exact) mass is 309 g/mol. The number of hydrogen-bond donors (Lipinski definition) is 0. The molecule has 5 heteroatoms. The number of ether oxygens (including phenoxy) is 3. The van der Waals surface area contributed by atoms with Crippen molar-refractivity contribution in [3.8, 4) is 17.2 Å². The van der Waals surface area contributed by atoms with Crippen molar-refractivity contribution in [1.29, 1.82) is 0 Å². The minimum atomic E-state index is -0.00901. The van der Waals surface area contributed by atoms with Crippen LogP contribution in [0, 0.1) is 0 Å². The highest BCUT2D eigenvalue weighted by Crippen LogP contribution is 2.48. The Kier molecular flexibility index (Phi) is 2.46. The molecule has 0 saturated heterocycles. The number of likely N-dealkylation sites (N-methyl/N-ethyl adjacent to an activating group) is 1. The van der Waals surface area contributed by atoms with Gasteiger partial charge in [-0.15, -0.1) is 0 Å². The lowest BCUT2D eigenvalue weighted by Gasteiger charge is -2.43. The zero-order valence-electron chi connectivity index (χ0n) is 12.6. The average Bonchev–Trinajstić information content (AvgIpc) is 3.04. The fraction of sp³-hybridized carbons (Fsp3) is 0.278. The highest BCUT2D eigenvalue weighted by atomic mass is 16.7. The molecule has 2 aromatic carbocycles. The van der Waals surface area contributed by atoms with Crippen LogP contribution < -0.4 is 14.2 Å². The van der Waals surface area contributed by atoms with Crippen molar-refractivity contribution in [1.82, 2.24) is 4.90 Å². The van der Waals surface area contributed by atoms with Gasteiger partial charge in [-0.2, -0.15) is 0 Å². The van der Waals surface area contributed by atoms with Crippen molar-refractivity contribution < 1.29 is 19.0 Å². The van der Waals surface area contributed by atoms with Gasteiger partial charge < -0.3 is 19.1 Å². The van der Waals surface area contributed by atoms with Gasteiger partial charge in [0, 0.05) is 30.2 Å². The van der Waals surface area contributed by atoms with E-state index < -0.39 is 0 Å². The van der Waals surface area contributed by atoms with Crippen LogP contribution in [0.25, 0.3) is 0 Å². The van der Waals surface area contributed by atoms with E-state index in [2.05, 4.69) is 0 Å². The van der Waals surface area contributed by atoms with Crippen molar-refractivity contribution in [3.05, 3.63) is 53.1 Å². The van der Waals surface area contributed by atoms with Crippen molar-refractivity contribution >= 4 is 5.91 Å². The first-order valence-electron chi connectivity index (χ1n) is 7.66. The number of amides is 1. The topological polar surface area (TPSA) is 48.0 Å². The summed E-state index contributed by atoms with van der Waals surface area (Å²) in [5.74, 6) is 2.41. The van der Waals surface area contributed by atoms with Crippen molar-refractivity contribution in [3.63, 3.8) is 0 Å². The molecular formula is C18H15NO4. The lowest BCUT2D eigenvalue weighted by Crippen LogP contribution is -2.50. The predicted molar refractivity (Wildman–Crippen MR) is 82.2 cm³/mol. The minimum Gasteiger partial charge on any atom is -0.491 e. The predicted octanol–water partition coefficient (Wildman–Crippen LogP) is 2.39. The number of carbonyl (C=O) groups excluding carboxylic acids is 1. The SMILES string of the molecule is CN1C(=O)c2ccccc2C2c3cc4c(cc3OCC21)OCO4. The summed E-state index contributed by atoms with van der Waals surface area (Å²) < 4.78 is 16.9. The van der Waals surface area contributed by atoms with Crippen LogP contribution in [0.2, 0.25) is 0 Å².